The van der Waals surface area contributed by atoms with Gasteiger partial charge in [-0.15, -0.1) is 0 Å². The Morgan fingerprint density at radius 3 is 1.89 bits per heavy atom. The van der Waals surface area contributed by atoms with Crippen molar-refractivity contribution in [2.75, 3.05) is 0 Å². The van der Waals surface area contributed by atoms with Gasteiger partial charge < -0.3 is 5.32 Å². The van der Waals surface area contributed by atoms with E-state index in [9.17, 15) is 0 Å². The highest BCUT2D eigenvalue weighted by atomic mass is 14.9. The molecule has 0 bridgehead atoms. The molecule has 0 aromatic heterocycles. The molecule has 0 saturated heterocycles. The summed E-state index contributed by atoms with van der Waals surface area (Å²) >= 11 is 0. The monoisotopic (exact) mass is 267 g/mol. The summed E-state index contributed by atoms with van der Waals surface area (Å²) in [7, 11) is 0. The van der Waals surface area contributed by atoms with Crippen molar-refractivity contribution in [2.45, 2.75) is 104 Å². The van der Waals surface area contributed by atoms with E-state index in [1.807, 2.05) is 0 Å². The summed E-state index contributed by atoms with van der Waals surface area (Å²) in [6, 6.07) is 1.57. The second-order valence-electron chi connectivity index (χ2n) is 7.33. The third kappa shape index (κ3) is 5.45. The lowest BCUT2D eigenvalue weighted by Crippen LogP contribution is -2.42. The van der Waals surface area contributed by atoms with Gasteiger partial charge in [-0.3, -0.25) is 0 Å². The van der Waals surface area contributed by atoms with Crippen molar-refractivity contribution in [1.82, 2.24) is 5.32 Å². The molecule has 0 unspecified atom stereocenters. The van der Waals surface area contributed by atoms with Crippen LogP contribution in [0.3, 0.4) is 0 Å². The molecule has 1 fully saturated rings. The van der Waals surface area contributed by atoms with Crippen molar-refractivity contribution in [1.29, 1.82) is 0 Å². The number of rotatable bonds is 8. The standard InChI is InChI=1S/C18H37N/c1-6-9-16(10-7-2)19-17-13-11-15(12-14-17)18(4,5)8-3/h15-17,19H,6-14H2,1-5H3. The molecule has 0 aromatic rings. The molecule has 1 aliphatic carbocycles. The highest BCUT2D eigenvalue weighted by Crippen LogP contribution is 2.40. The van der Waals surface area contributed by atoms with E-state index in [1.165, 1.54) is 57.8 Å². The van der Waals surface area contributed by atoms with Crippen molar-refractivity contribution in [2.24, 2.45) is 11.3 Å². The lowest BCUT2D eigenvalue weighted by atomic mass is 9.69. The van der Waals surface area contributed by atoms with E-state index in [0.29, 0.717) is 5.41 Å². The summed E-state index contributed by atoms with van der Waals surface area (Å²) in [5, 5.41) is 3.95. The fourth-order valence-corrected chi connectivity index (χ4v) is 3.67. The van der Waals surface area contributed by atoms with Crippen molar-refractivity contribution >= 4 is 0 Å². The zero-order valence-corrected chi connectivity index (χ0v) is 14.1. The summed E-state index contributed by atoms with van der Waals surface area (Å²) in [6.45, 7) is 11.9. The molecule has 0 aliphatic heterocycles. The Bertz CT molecular complexity index is 220. The topological polar surface area (TPSA) is 12.0 Å². The normalized spacial score (nSPS) is 24.9. The van der Waals surface area contributed by atoms with Gasteiger partial charge in [0, 0.05) is 12.1 Å². The van der Waals surface area contributed by atoms with E-state index in [-0.39, 0.29) is 0 Å². The zero-order valence-electron chi connectivity index (χ0n) is 14.1. The maximum Gasteiger partial charge on any atom is 0.00698 e. The number of hydrogen-bond donors (Lipinski definition) is 1. The molecule has 0 spiro atoms. The Morgan fingerprint density at radius 1 is 0.947 bits per heavy atom. The number of nitrogens with one attached hydrogen (secondary N) is 1. The Hall–Kier alpha value is -0.0400. The van der Waals surface area contributed by atoms with Gasteiger partial charge in [0.2, 0.25) is 0 Å². The van der Waals surface area contributed by atoms with Gasteiger partial charge in [-0.05, 0) is 49.9 Å². The molecule has 1 rings (SSSR count). The third-order valence-electron chi connectivity index (χ3n) is 5.49. The van der Waals surface area contributed by atoms with Crippen LogP contribution < -0.4 is 5.32 Å². The van der Waals surface area contributed by atoms with E-state index >= 15 is 0 Å². The van der Waals surface area contributed by atoms with Crippen LogP contribution in [-0.2, 0) is 0 Å². The fraction of sp³-hybridized carbons (Fsp3) is 1.00. The molecule has 1 aliphatic rings. The minimum absolute atomic E-state index is 0.553. The first-order valence-corrected chi connectivity index (χ1v) is 8.79. The van der Waals surface area contributed by atoms with Crippen LogP contribution in [-0.4, -0.2) is 12.1 Å². The van der Waals surface area contributed by atoms with Crippen LogP contribution in [0.15, 0.2) is 0 Å². The fourth-order valence-electron chi connectivity index (χ4n) is 3.67. The molecule has 1 nitrogen and oxygen atoms in total. The Kier molecular flexibility index (Phi) is 7.42. The van der Waals surface area contributed by atoms with Crippen LogP contribution >= 0.6 is 0 Å². The van der Waals surface area contributed by atoms with Gasteiger partial charge in [0.1, 0.15) is 0 Å². The molecule has 19 heavy (non-hydrogen) atoms. The second kappa shape index (κ2) is 8.29. The van der Waals surface area contributed by atoms with Gasteiger partial charge in [-0.2, -0.15) is 0 Å². The molecule has 0 radical (unpaired) electrons. The maximum atomic E-state index is 3.95. The molecule has 114 valence electrons. The van der Waals surface area contributed by atoms with Gasteiger partial charge in [-0.1, -0.05) is 53.9 Å². The van der Waals surface area contributed by atoms with Crippen LogP contribution in [0.1, 0.15) is 92.4 Å². The molecule has 1 saturated carbocycles. The van der Waals surface area contributed by atoms with E-state index in [0.717, 1.165) is 18.0 Å². The smallest absolute Gasteiger partial charge is 0.00698 e. The lowest BCUT2D eigenvalue weighted by Gasteiger charge is -2.40. The van der Waals surface area contributed by atoms with Gasteiger partial charge >= 0.3 is 0 Å². The predicted octanol–water partition coefficient (Wildman–Crippen LogP) is 5.54. The number of hydrogen-bond acceptors (Lipinski definition) is 1. The van der Waals surface area contributed by atoms with Crippen LogP contribution in [0.4, 0.5) is 0 Å². The van der Waals surface area contributed by atoms with Crippen LogP contribution in [0, 0.1) is 11.3 Å². The quantitative estimate of drug-likeness (QED) is 0.609. The van der Waals surface area contributed by atoms with E-state index in [1.54, 1.807) is 0 Å². The first kappa shape index (κ1) is 17.0. The first-order chi connectivity index (χ1) is 9.03. The summed E-state index contributed by atoms with van der Waals surface area (Å²) in [5.41, 5.74) is 0.553. The SMILES string of the molecule is CCCC(CCC)NC1CCC(C(C)(C)CC)CC1. The molecule has 0 atom stereocenters. The molecular formula is C18H37N. The summed E-state index contributed by atoms with van der Waals surface area (Å²) < 4.78 is 0. The van der Waals surface area contributed by atoms with Crippen LogP contribution in [0.2, 0.25) is 0 Å². The van der Waals surface area contributed by atoms with Crippen molar-refractivity contribution in [3.63, 3.8) is 0 Å². The van der Waals surface area contributed by atoms with Gasteiger partial charge in [-0.25, -0.2) is 0 Å². The highest BCUT2D eigenvalue weighted by Gasteiger charge is 2.32. The molecule has 1 N–H and O–H groups in total. The average Bonchev–Trinajstić information content (AvgIpc) is 2.40. The highest BCUT2D eigenvalue weighted by molar-refractivity contribution is 4.86. The largest absolute Gasteiger partial charge is 0.311 e. The molecule has 1 heteroatoms. The third-order valence-corrected chi connectivity index (χ3v) is 5.49. The first-order valence-electron chi connectivity index (χ1n) is 8.79. The summed E-state index contributed by atoms with van der Waals surface area (Å²) in [5.74, 6) is 0.950. The minimum Gasteiger partial charge on any atom is -0.311 e. The van der Waals surface area contributed by atoms with Crippen LogP contribution in [0.5, 0.6) is 0 Å². The summed E-state index contributed by atoms with van der Waals surface area (Å²) in [4.78, 5) is 0. The summed E-state index contributed by atoms with van der Waals surface area (Å²) in [6.07, 6.45) is 12.3. The Balaban J connectivity index is 2.36. The van der Waals surface area contributed by atoms with Crippen LogP contribution in [0.25, 0.3) is 0 Å². The maximum absolute atomic E-state index is 3.95. The van der Waals surface area contributed by atoms with Gasteiger partial charge in [0.25, 0.3) is 0 Å². The van der Waals surface area contributed by atoms with Crippen molar-refractivity contribution < 1.29 is 0 Å². The van der Waals surface area contributed by atoms with Gasteiger partial charge in [0.05, 0.1) is 0 Å². The Labute approximate surface area is 121 Å². The molecule has 0 amide bonds. The minimum atomic E-state index is 0.553. The Morgan fingerprint density at radius 2 is 1.47 bits per heavy atom. The van der Waals surface area contributed by atoms with E-state index in [4.69, 9.17) is 0 Å². The molecule has 0 heterocycles. The van der Waals surface area contributed by atoms with Gasteiger partial charge in [0.15, 0.2) is 0 Å². The second-order valence-corrected chi connectivity index (χ2v) is 7.33. The predicted molar refractivity (Wildman–Crippen MR) is 86.6 cm³/mol. The average molecular weight is 268 g/mol. The van der Waals surface area contributed by atoms with E-state index in [2.05, 4.69) is 39.9 Å². The van der Waals surface area contributed by atoms with E-state index < -0.39 is 0 Å². The van der Waals surface area contributed by atoms with Crippen molar-refractivity contribution in [3.05, 3.63) is 0 Å². The molecular weight excluding hydrogens is 230 g/mol. The zero-order chi connectivity index (χ0) is 14.3. The molecule has 0 aromatic carbocycles. The lowest BCUT2D eigenvalue weighted by molar-refractivity contribution is 0.133. The van der Waals surface area contributed by atoms with Crippen molar-refractivity contribution in [3.8, 4) is 0 Å².